The van der Waals surface area contributed by atoms with Crippen molar-refractivity contribution in [2.45, 2.75) is 47.1 Å². The highest BCUT2D eigenvalue weighted by Gasteiger charge is 2.08. The number of nitrogens with one attached hydrogen (secondary N) is 1. The lowest BCUT2D eigenvalue weighted by molar-refractivity contribution is 0.116. The maximum absolute atomic E-state index is 5.48. The van der Waals surface area contributed by atoms with Gasteiger partial charge in [0.2, 0.25) is 0 Å². The van der Waals surface area contributed by atoms with Crippen LogP contribution in [0.25, 0.3) is 0 Å². The van der Waals surface area contributed by atoms with E-state index in [-0.39, 0.29) is 0 Å². The zero-order chi connectivity index (χ0) is 13.4. The molecule has 0 spiro atoms. The van der Waals surface area contributed by atoms with E-state index in [1.807, 2.05) is 0 Å². The Kier molecular flexibility index (Phi) is 6.83. The van der Waals surface area contributed by atoms with Gasteiger partial charge in [0.05, 0.1) is 0 Å². The van der Waals surface area contributed by atoms with Crippen LogP contribution in [-0.4, -0.2) is 29.7 Å². The first-order valence-corrected chi connectivity index (χ1v) is 6.80. The number of hydrogen-bond donors (Lipinski definition) is 1. The summed E-state index contributed by atoms with van der Waals surface area (Å²) in [5.41, 5.74) is 3.42. The van der Waals surface area contributed by atoms with E-state index in [1.165, 1.54) is 5.56 Å². The molecule has 18 heavy (non-hydrogen) atoms. The Labute approximate surface area is 110 Å². The molecule has 4 nitrogen and oxygen atoms in total. The minimum atomic E-state index is 0.517. The quantitative estimate of drug-likeness (QED) is 0.719. The first-order chi connectivity index (χ1) is 8.69. The second kappa shape index (κ2) is 8.16. The molecule has 0 saturated heterocycles. The van der Waals surface area contributed by atoms with Crippen LogP contribution in [0.2, 0.25) is 0 Å². The summed E-state index contributed by atoms with van der Waals surface area (Å²) in [7, 11) is 0. The number of rotatable bonds is 8. The van der Waals surface area contributed by atoms with Crippen LogP contribution in [0.3, 0.4) is 0 Å². The Hall–Kier alpha value is -1.00. The second-order valence-corrected chi connectivity index (χ2v) is 4.45. The average Bonchev–Trinajstić information content (AvgIpc) is 2.33. The second-order valence-electron chi connectivity index (χ2n) is 4.45. The van der Waals surface area contributed by atoms with Crippen molar-refractivity contribution in [3.05, 3.63) is 22.8 Å². The predicted octanol–water partition coefficient (Wildman–Crippen LogP) is 2.17. The average molecular weight is 251 g/mol. The number of hydrogen-bond acceptors (Lipinski definition) is 4. The van der Waals surface area contributed by atoms with Crippen molar-refractivity contribution in [2.75, 3.05) is 19.7 Å². The minimum Gasteiger partial charge on any atom is -0.373 e. The van der Waals surface area contributed by atoms with Crippen LogP contribution in [0.1, 0.15) is 43.0 Å². The Morgan fingerprint density at radius 2 is 1.78 bits per heavy atom. The number of aromatic nitrogens is 2. The fourth-order valence-corrected chi connectivity index (χ4v) is 1.93. The van der Waals surface area contributed by atoms with Crippen molar-refractivity contribution in [1.29, 1.82) is 0 Å². The summed E-state index contributed by atoms with van der Waals surface area (Å²) in [5, 5.41) is 3.33. The molecule has 4 heteroatoms. The van der Waals surface area contributed by atoms with Gasteiger partial charge in [-0.15, -0.1) is 0 Å². The topological polar surface area (TPSA) is 47.0 Å². The van der Waals surface area contributed by atoms with Crippen LogP contribution in [0.15, 0.2) is 0 Å². The van der Waals surface area contributed by atoms with Gasteiger partial charge in [0, 0.05) is 18.0 Å². The van der Waals surface area contributed by atoms with Gasteiger partial charge in [0.25, 0.3) is 0 Å². The largest absolute Gasteiger partial charge is 0.373 e. The molecule has 102 valence electrons. The monoisotopic (exact) mass is 251 g/mol. The van der Waals surface area contributed by atoms with Crippen molar-refractivity contribution in [3.8, 4) is 0 Å². The molecule has 0 radical (unpaired) electrons. The summed E-state index contributed by atoms with van der Waals surface area (Å²) < 4.78 is 5.48. The number of likely N-dealkylation sites (N-methyl/N-ethyl adjacent to an activating group) is 1. The molecule has 1 rings (SSSR count). The molecule has 0 fully saturated rings. The molecule has 0 saturated carbocycles. The Morgan fingerprint density at radius 1 is 1.11 bits per heavy atom. The molecule has 1 N–H and O–H groups in total. The van der Waals surface area contributed by atoms with Crippen LogP contribution < -0.4 is 5.32 Å². The van der Waals surface area contributed by atoms with Gasteiger partial charge in [0.1, 0.15) is 6.61 Å². The molecule has 0 unspecified atom stereocenters. The highest BCUT2D eigenvalue weighted by atomic mass is 16.5. The van der Waals surface area contributed by atoms with Gasteiger partial charge >= 0.3 is 0 Å². The normalized spacial score (nSPS) is 10.9. The summed E-state index contributed by atoms with van der Waals surface area (Å²) in [6.45, 7) is 11.6. The van der Waals surface area contributed by atoms with Crippen LogP contribution >= 0.6 is 0 Å². The third kappa shape index (κ3) is 4.70. The van der Waals surface area contributed by atoms with Crippen LogP contribution in [0.5, 0.6) is 0 Å². The zero-order valence-corrected chi connectivity index (χ0v) is 12.0. The number of nitrogens with zero attached hydrogens (tertiary/aromatic N) is 2. The molecule has 1 aromatic heterocycles. The molecular weight excluding hydrogens is 226 g/mol. The van der Waals surface area contributed by atoms with E-state index in [0.29, 0.717) is 6.61 Å². The SMILES string of the molecule is CCCOCc1nc(C)c(CCNCC)c(C)n1. The lowest BCUT2D eigenvalue weighted by atomic mass is 10.1. The van der Waals surface area contributed by atoms with Crippen LogP contribution in [-0.2, 0) is 17.8 Å². The lowest BCUT2D eigenvalue weighted by Crippen LogP contribution is -2.18. The van der Waals surface area contributed by atoms with Crippen LogP contribution in [0, 0.1) is 13.8 Å². The summed E-state index contributed by atoms with van der Waals surface area (Å²) in [6, 6.07) is 0. The standard InChI is InChI=1S/C14H25N3O/c1-5-9-18-10-14-16-11(3)13(12(4)17-14)7-8-15-6-2/h15H,5-10H2,1-4H3. The molecule has 0 amide bonds. The van der Waals surface area contributed by atoms with E-state index in [4.69, 9.17) is 4.74 Å². The van der Waals surface area contributed by atoms with Gasteiger partial charge in [-0.05, 0) is 45.3 Å². The first-order valence-electron chi connectivity index (χ1n) is 6.80. The van der Waals surface area contributed by atoms with E-state index in [1.54, 1.807) is 0 Å². The molecule has 1 heterocycles. The number of aryl methyl sites for hydroxylation is 2. The van der Waals surface area contributed by atoms with Crippen molar-refractivity contribution in [3.63, 3.8) is 0 Å². The highest BCUT2D eigenvalue weighted by molar-refractivity contribution is 5.24. The molecule has 0 aliphatic carbocycles. The maximum Gasteiger partial charge on any atom is 0.154 e. The van der Waals surface area contributed by atoms with Crippen LogP contribution in [0.4, 0.5) is 0 Å². The zero-order valence-electron chi connectivity index (χ0n) is 12.0. The van der Waals surface area contributed by atoms with E-state index >= 15 is 0 Å². The fraction of sp³-hybridized carbons (Fsp3) is 0.714. The predicted molar refractivity (Wildman–Crippen MR) is 73.7 cm³/mol. The van der Waals surface area contributed by atoms with Gasteiger partial charge in [-0.3, -0.25) is 0 Å². The van der Waals surface area contributed by atoms with Gasteiger partial charge in [-0.1, -0.05) is 13.8 Å². The first kappa shape index (κ1) is 15.1. The molecule has 0 aliphatic rings. The van der Waals surface area contributed by atoms with Crippen molar-refractivity contribution >= 4 is 0 Å². The van der Waals surface area contributed by atoms with Gasteiger partial charge < -0.3 is 10.1 Å². The number of ether oxygens (including phenoxy) is 1. The summed E-state index contributed by atoms with van der Waals surface area (Å²) in [5.74, 6) is 0.797. The Morgan fingerprint density at radius 3 is 2.33 bits per heavy atom. The summed E-state index contributed by atoms with van der Waals surface area (Å²) in [4.78, 5) is 9.04. The Balaban J connectivity index is 2.65. The summed E-state index contributed by atoms with van der Waals surface area (Å²) >= 11 is 0. The van der Waals surface area contributed by atoms with E-state index in [9.17, 15) is 0 Å². The fourth-order valence-electron chi connectivity index (χ4n) is 1.93. The van der Waals surface area contributed by atoms with E-state index in [0.717, 1.165) is 49.8 Å². The van der Waals surface area contributed by atoms with Crippen molar-refractivity contribution < 1.29 is 4.74 Å². The van der Waals surface area contributed by atoms with Crippen molar-refractivity contribution in [2.24, 2.45) is 0 Å². The summed E-state index contributed by atoms with van der Waals surface area (Å²) in [6.07, 6.45) is 2.01. The van der Waals surface area contributed by atoms with E-state index in [2.05, 4.69) is 43.0 Å². The minimum absolute atomic E-state index is 0.517. The Bertz CT molecular complexity index is 343. The third-order valence-corrected chi connectivity index (χ3v) is 2.85. The molecule has 0 bridgehead atoms. The van der Waals surface area contributed by atoms with Gasteiger partial charge in [-0.25, -0.2) is 9.97 Å². The van der Waals surface area contributed by atoms with E-state index < -0.39 is 0 Å². The maximum atomic E-state index is 5.48. The molecule has 0 atom stereocenters. The van der Waals surface area contributed by atoms with Crippen molar-refractivity contribution in [1.82, 2.24) is 15.3 Å². The lowest BCUT2D eigenvalue weighted by Gasteiger charge is -2.11. The molecule has 1 aromatic rings. The highest BCUT2D eigenvalue weighted by Crippen LogP contribution is 2.11. The molecule has 0 aliphatic heterocycles. The van der Waals surface area contributed by atoms with Gasteiger partial charge in [-0.2, -0.15) is 0 Å². The molecular formula is C14H25N3O. The van der Waals surface area contributed by atoms with Gasteiger partial charge in [0.15, 0.2) is 5.82 Å². The third-order valence-electron chi connectivity index (χ3n) is 2.85. The molecule has 0 aromatic carbocycles. The smallest absolute Gasteiger partial charge is 0.154 e.